The molecule has 0 spiro atoms. The van der Waals surface area contributed by atoms with Crippen LogP contribution < -0.4 is 0 Å². The summed E-state index contributed by atoms with van der Waals surface area (Å²) in [5, 5.41) is 17.2. The lowest BCUT2D eigenvalue weighted by Gasteiger charge is -2.04. The number of hydrogen-bond acceptors (Lipinski definition) is 4. The lowest BCUT2D eigenvalue weighted by Crippen LogP contribution is -1.98. The Morgan fingerprint density at radius 2 is 2.05 bits per heavy atom. The SMILES string of the molecule is CSc1cccc(-n2nnc3c(C(=O)O)cccc32)c1. The molecule has 0 bridgehead atoms. The molecule has 3 aromatic rings. The molecule has 0 radical (unpaired) electrons. The molecule has 100 valence electrons. The first-order valence-electron chi connectivity index (χ1n) is 5.93. The second kappa shape index (κ2) is 4.97. The Morgan fingerprint density at radius 3 is 2.80 bits per heavy atom. The third kappa shape index (κ3) is 2.04. The molecule has 1 aromatic heterocycles. The number of fused-ring (bicyclic) bond motifs is 1. The van der Waals surface area contributed by atoms with E-state index in [2.05, 4.69) is 10.3 Å². The number of carbonyl (C=O) groups is 1. The summed E-state index contributed by atoms with van der Waals surface area (Å²) < 4.78 is 1.65. The molecule has 1 N–H and O–H groups in total. The summed E-state index contributed by atoms with van der Waals surface area (Å²) in [5.74, 6) is -1.000. The van der Waals surface area contributed by atoms with E-state index in [0.29, 0.717) is 11.0 Å². The van der Waals surface area contributed by atoms with Gasteiger partial charge < -0.3 is 5.11 Å². The summed E-state index contributed by atoms with van der Waals surface area (Å²) >= 11 is 1.64. The second-order valence-electron chi connectivity index (χ2n) is 4.18. The van der Waals surface area contributed by atoms with E-state index < -0.39 is 5.97 Å². The first-order chi connectivity index (χ1) is 9.70. The molecule has 20 heavy (non-hydrogen) atoms. The Kier molecular flexibility index (Phi) is 3.15. The quantitative estimate of drug-likeness (QED) is 0.749. The molecule has 0 unspecified atom stereocenters. The molecule has 0 atom stereocenters. The number of benzene rings is 2. The van der Waals surface area contributed by atoms with Crippen LogP contribution in [0.4, 0.5) is 0 Å². The minimum absolute atomic E-state index is 0.162. The molecular weight excluding hydrogens is 274 g/mol. The van der Waals surface area contributed by atoms with E-state index in [9.17, 15) is 4.79 Å². The van der Waals surface area contributed by atoms with Gasteiger partial charge in [-0.3, -0.25) is 0 Å². The van der Waals surface area contributed by atoms with Crippen molar-refractivity contribution in [2.24, 2.45) is 0 Å². The Balaban J connectivity index is 2.22. The summed E-state index contributed by atoms with van der Waals surface area (Å²) in [4.78, 5) is 12.3. The Bertz CT molecular complexity index is 798. The lowest BCUT2D eigenvalue weighted by molar-refractivity contribution is 0.0699. The normalized spacial score (nSPS) is 10.8. The van der Waals surface area contributed by atoms with Gasteiger partial charge in [-0.15, -0.1) is 16.9 Å². The van der Waals surface area contributed by atoms with Crippen LogP contribution in [-0.4, -0.2) is 32.3 Å². The van der Waals surface area contributed by atoms with E-state index in [1.54, 1.807) is 22.5 Å². The van der Waals surface area contributed by atoms with Crippen LogP contribution in [-0.2, 0) is 0 Å². The highest BCUT2D eigenvalue weighted by Gasteiger charge is 2.14. The topological polar surface area (TPSA) is 68.0 Å². The average Bonchev–Trinajstić information content (AvgIpc) is 2.91. The first kappa shape index (κ1) is 12.7. The second-order valence-corrected chi connectivity index (χ2v) is 5.06. The van der Waals surface area contributed by atoms with Crippen LogP contribution in [0.25, 0.3) is 16.7 Å². The van der Waals surface area contributed by atoms with Crippen molar-refractivity contribution in [3.63, 3.8) is 0 Å². The predicted octanol–water partition coefficient (Wildman–Crippen LogP) is 2.84. The third-order valence-electron chi connectivity index (χ3n) is 3.01. The number of carboxylic acid groups (broad SMARTS) is 1. The first-order valence-corrected chi connectivity index (χ1v) is 7.15. The largest absolute Gasteiger partial charge is 0.478 e. The fourth-order valence-corrected chi connectivity index (χ4v) is 2.50. The molecule has 0 fully saturated rings. The number of carboxylic acids is 1. The summed E-state index contributed by atoms with van der Waals surface area (Å²) in [6.45, 7) is 0. The zero-order chi connectivity index (χ0) is 14.1. The molecule has 0 saturated heterocycles. The standard InChI is InChI=1S/C14H11N3O2S/c1-20-10-5-2-4-9(8-10)17-12-7-3-6-11(14(18)19)13(12)15-16-17/h2-8H,1H3,(H,18,19). The monoisotopic (exact) mass is 285 g/mol. The molecule has 0 aliphatic heterocycles. The number of aromatic nitrogens is 3. The van der Waals surface area contributed by atoms with E-state index in [0.717, 1.165) is 10.6 Å². The molecule has 3 rings (SSSR count). The molecule has 0 amide bonds. The van der Waals surface area contributed by atoms with Crippen LogP contribution in [0.5, 0.6) is 0 Å². The highest BCUT2D eigenvalue weighted by atomic mass is 32.2. The Labute approximate surface area is 119 Å². The van der Waals surface area contributed by atoms with Crippen LogP contribution in [0.15, 0.2) is 47.4 Å². The molecule has 5 nitrogen and oxygen atoms in total. The summed E-state index contributed by atoms with van der Waals surface area (Å²) in [7, 11) is 0. The molecule has 0 saturated carbocycles. The molecule has 0 aliphatic rings. The van der Waals surface area contributed by atoms with Crippen molar-refractivity contribution in [2.45, 2.75) is 4.90 Å². The molecular formula is C14H11N3O2S. The van der Waals surface area contributed by atoms with Crippen LogP contribution in [0.2, 0.25) is 0 Å². The van der Waals surface area contributed by atoms with Crippen molar-refractivity contribution in [1.29, 1.82) is 0 Å². The van der Waals surface area contributed by atoms with Crippen molar-refractivity contribution in [3.05, 3.63) is 48.0 Å². The zero-order valence-corrected chi connectivity index (χ0v) is 11.5. The number of rotatable bonds is 3. The van der Waals surface area contributed by atoms with Gasteiger partial charge in [0, 0.05) is 4.90 Å². The van der Waals surface area contributed by atoms with Crippen LogP contribution >= 0.6 is 11.8 Å². The minimum atomic E-state index is -1.000. The van der Waals surface area contributed by atoms with Gasteiger partial charge in [0.2, 0.25) is 0 Å². The summed E-state index contributed by atoms with van der Waals surface area (Å²) in [6.07, 6.45) is 2.00. The number of aromatic carboxylic acids is 1. The van der Waals surface area contributed by atoms with Crippen molar-refractivity contribution >= 4 is 28.8 Å². The van der Waals surface area contributed by atoms with E-state index in [1.807, 2.05) is 36.6 Å². The van der Waals surface area contributed by atoms with E-state index in [4.69, 9.17) is 5.11 Å². The van der Waals surface area contributed by atoms with Gasteiger partial charge in [-0.1, -0.05) is 17.3 Å². The van der Waals surface area contributed by atoms with Crippen molar-refractivity contribution in [1.82, 2.24) is 15.0 Å². The highest BCUT2D eigenvalue weighted by Crippen LogP contribution is 2.22. The fourth-order valence-electron chi connectivity index (χ4n) is 2.05. The lowest BCUT2D eigenvalue weighted by atomic mass is 10.2. The highest BCUT2D eigenvalue weighted by molar-refractivity contribution is 7.98. The fraction of sp³-hybridized carbons (Fsp3) is 0.0714. The van der Waals surface area contributed by atoms with Gasteiger partial charge in [0.05, 0.1) is 16.8 Å². The van der Waals surface area contributed by atoms with E-state index in [-0.39, 0.29) is 5.56 Å². The van der Waals surface area contributed by atoms with Gasteiger partial charge in [-0.05, 0) is 36.6 Å². The number of thioether (sulfide) groups is 1. The minimum Gasteiger partial charge on any atom is -0.478 e. The smallest absolute Gasteiger partial charge is 0.338 e. The number of nitrogens with zero attached hydrogens (tertiary/aromatic N) is 3. The summed E-state index contributed by atoms with van der Waals surface area (Å²) in [6, 6.07) is 12.9. The van der Waals surface area contributed by atoms with E-state index >= 15 is 0 Å². The van der Waals surface area contributed by atoms with Crippen LogP contribution in [0.1, 0.15) is 10.4 Å². The van der Waals surface area contributed by atoms with Gasteiger partial charge in [-0.2, -0.15) is 0 Å². The predicted molar refractivity (Wildman–Crippen MR) is 77.6 cm³/mol. The summed E-state index contributed by atoms with van der Waals surface area (Å²) in [5.41, 5.74) is 2.11. The average molecular weight is 285 g/mol. The van der Waals surface area contributed by atoms with Crippen molar-refractivity contribution in [3.8, 4) is 5.69 Å². The van der Waals surface area contributed by atoms with Gasteiger partial charge in [-0.25, -0.2) is 9.48 Å². The third-order valence-corrected chi connectivity index (χ3v) is 3.73. The Hall–Kier alpha value is -2.34. The number of hydrogen-bond donors (Lipinski definition) is 1. The molecule has 6 heteroatoms. The molecule has 0 aliphatic carbocycles. The van der Waals surface area contributed by atoms with Crippen molar-refractivity contribution in [2.75, 3.05) is 6.26 Å². The van der Waals surface area contributed by atoms with Gasteiger partial charge >= 0.3 is 5.97 Å². The van der Waals surface area contributed by atoms with Crippen LogP contribution in [0.3, 0.4) is 0 Å². The Morgan fingerprint density at radius 1 is 1.25 bits per heavy atom. The molecule has 1 heterocycles. The molecule has 2 aromatic carbocycles. The maximum atomic E-state index is 11.2. The van der Waals surface area contributed by atoms with Gasteiger partial charge in [0.15, 0.2) is 0 Å². The zero-order valence-electron chi connectivity index (χ0n) is 10.6. The van der Waals surface area contributed by atoms with E-state index in [1.165, 1.54) is 6.07 Å². The van der Waals surface area contributed by atoms with Gasteiger partial charge in [0.1, 0.15) is 5.52 Å². The maximum absolute atomic E-state index is 11.2. The van der Waals surface area contributed by atoms with Gasteiger partial charge in [0.25, 0.3) is 0 Å². The van der Waals surface area contributed by atoms with Crippen molar-refractivity contribution < 1.29 is 9.90 Å². The van der Waals surface area contributed by atoms with Crippen LogP contribution in [0, 0.1) is 0 Å². The maximum Gasteiger partial charge on any atom is 0.338 e.